The second-order valence-electron chi connectivity index (χ2n) is 5.81. The fraction of sp³-hybridized carbons (Fsp3) is 0.0400. The van der Waals surface area contributed by atoms with Crippen LogP contribution >= 0.6 is 0 Å². The maximum absolute atomic E-state index is 3.72. The molecule has 0 unspecified atom stereocenters. The van der Waals surface area contributed by atoms with Crippen molar-refractivity contribution < 1.29 is 51.0 Å². The number of fused-ring (bicyclic) bond motifs is 3. The molecule has 0 aliphatic heterocycles. The number of allylic oxidation sites excluding steroid dienone is 4. The van der Waals surface area contributed by atoms with Gasteiger partial charge in [-0.1, -0.05) is 42.5 Å². The fourth-order valence-corrected chi connectivity index (χ4v) is 2.72. The van der Waals surface area contributed by atoms with Gasteiger partial charge in [0.25, 0.3) is 0 Å². The summed E-state index contributed by atoms with van der Waals surface area (Å²) in [6.45, 7) is 3.72. The van der Waals surface area contributed by atoms with Gasteiger partial charge in [0.2, 0.25) is 0 Å². The molecule has 5 rings (SSSR count). The molecule has 28 heavy (non-hydrogen) atoms. The van der Waals surface area contributed by atoms with Crippen LogP contribution in [0.15, 0.2) is 103 Å². The molecule has 0 N–H and O–H groups in total. The van der Waals surface area contributed by atoms with Crippen LogP contribution in [0.4, 0.5) is 0 Å². The van der Waals surface area contributed by atoms with Gasteiger partial charge >= 0.3 is 26.2 Å². The number of hydrogen-bond donors (Lipinski definition) is 0. The van der Waals surface area contributed by atoms with Crippen molar-refractivity contribution in [1.29, 1.82) is 0 Å². The van der Waals surface area contributed by atoms with Crippen LogP contribution in [0, 0.1) is 13.0 Å². The van der Waals surface area contributed by atoms with Crippen molar-refractivity contribution in [3.63, 3.8) is 0 Å². The van der Waals surface area contributed by atoms with Crippen molar-refractivity contribution in [2.75, 3.05) is 0 Å². The van der Waals surface area contributed by atoms with Crippen LogP contribution in [0.25, 0.3) is 21.5 Å². The SMILES string of the molecule is [C-]1=CC=CC1.[CH2-]c1ccccc1.[Cl-].[Cl-].[Zr+2].c1ccc2c(c1)[cH-]c1ccccc12. The Labute approximate surface area is 199 Å². The summed E-state index contributed by atoms with van der Waals surface area (Å²) < 4.78 is 0. The van der Waals surface area contributed by atoms with Gasteiger partial charge in [0.15, 0.2) is 0 Å². The molecule has 0 radical (unpaired) electrons. The summed E-state index contributed by atoms with van der Waals surface area (Å²) in [5, 5.41) is 5.39. The quantitative estimate of drug-likeness (QED) is 0.326. The zero-order valence-corrected chi connectivity index (χ0v) is 19.5. The Hall–Kier alpha value is -1.66. The van der Waals surface area contributed by atoms with Gasteiger partial charge in [0, 0.05) is 0 Å². The molecular weight excluding hydrogens is 462 g/mol. The number of halogens is 2. The Kier molecular flexibility index (Phi) is 13.5. The maximum atomic E-state index is 3.72. The summed E-state index contributed by atoms with van der Waals surface area (Å²) in [6, 6.07) is 29.1. The zero-order valence-electron chi connectivity index (χ0n) is 15.5. The van der Waals surface area contributed by atoms with Crippen molar-refractivity contribution >= 4 is 21.5 Å². The van der Waals surface area contributed by atoms with Gasteiger partial charge in [-0.2, -0.15) is 30.7 Å². The minimum atomic E-state index is 0. The van der Waals surface area contributed by atoms with E-state index in [1.165, 1.54) is 21.5 Å². The van der Waals surface area contributed by atoms with Gasteiger partial charge in [-0.15, -0.1) is 58.3 Å². The second-order valence-corrected chi connectivity index (χ2v) is 5.81. The average molecular weight is 484 g/mol. The summed E-state index contributed by atoms with van der Waals surface area (Å²) >= 11 is 0. The van der Waals surface area contributed by atoms with Crippen LogP contribution in [0.5, 0.6) is 0 Å². The molecule has 142 valence electrons. The number of rotatable bonds is 0. The third-order valence-electron chi connectivity index (χ3n) is 3.95. The van der Waals surface area contributed by atoms with E-state index in [4.69, 9.17) is 0 Å². The standard InChI is InChI=1S/C13H9.C7H7.C5H5.2ClH.Zr/c1-3-7-12-10(5-1)9-11-6-2-4-8-13(11)12;1-7-5-3-2-4-6-7;1-2-4-5-3-1;;;/h1-9H;2-6H,1H2;1-3H,4H2;2*1H;/q3*-1;;;+2/p-2. The first-order chi connectivity index (χ1) is 12.3. The maximum Gasteiger partial charge on any atom is 2.00 e. The molecule has 0 aromatic heterocycles. The molecular formula is C25H21Cl2Zr-3. The molecule has 0 heterocycles. The second kappa shape index (κ2) is 14.4. The molecule has 4 aromatic carbocycles. The van der Waals surface area contributed by atoms with Gasteiger partial charge in [0.05, 0.1) is 0 Å². The van der Waals surface area contributed by atoms with E-state index >= 15 is 0 Å². The Bertz CT molecular complexity index is 925. The minimum absolute atomic E-state index is 0. The van der Waals surface area contributed by atoms with E-state index in [9.17, 15) is 0 Å². The van der Waals surface area contributed by atoms with Crippen LogP contribution in [-0.2, 0) is 26.2 Å². The van der Waals surface area contributed by atoms with Gasteiger partial charge < -0.3 is 24.8 Å². The van der Waals surface area contributed by atoms with Crippen molar-refractivity contribution in [1.82, 2.24) is 0 Å². The smallest absolute Gasteiger partial charge is 1.00 e. The third-order valence-corrected chi connectivity index (χ3v) is 3.95. The van der Waals surface area contributed by atoms with Crippen LogP contribution in [0.1, 0.15) is 12.0 Å². The Balaban J connectivity index is 0.000000419. The van der Waals surface area contributed by atoms with Gasteiger partial charge in [0.1, 0.15) is 0 Å². The van der Waals surface area contributed by atoms with Gasteiger partial charge in [-0.05, 0) is 0 Å². The molecule has 0 spiro atoms. The average Bonchev–Trinajstić information content (AvgIpc) is 3.34. The van der Waals surface area contributed by atoms with Crippen LogP contribution in [0.3, 0.4) is 0 Å². The van der Waals surface area contributed by atoms with E-state index in [1.54, 1.807) is 0 Å². The van der Waals surface area contributed by atoms with Crippen molar-refractivity contribution in [3.05, 3.63) is 122 Å². The number of hydrogen-bond acceptors (Lipinski definition) is 0. The molecule has 0 saturated heterocycles. The van der Waals surface area contributed by atoms with E-state index in [0.29, 0.717) is 0 Å². The molecule has 3 heteroatoms. The van der Waals surface area contributed by atoms with Crippen LogP contribution < -0.4 is 24.8 Å². The fourth-order valence-electron chi connectivity index (χ4n) is 2.72. The van der Waals surface area contributed by atoms with Crippen LogP contribution in [-0.4, -0.2) is 0 Å². The monoisotopic (exact) mass is 481 g/mol. The molecule has 0 bridgehead atoms. The van der Waals surface area contributed by atoms with E-state index in [-0.39, 0.29) is 51.0 Å². The molecule has 0 atom stereocenters. The summed E-state index contributed by atoms with van der Waals surface area (Å²) in [6.07, 6.45) is 10.0. The van der Waals surface area contributed by atoms with Gasteiger partial charge in [-0.25, -0.2) is 12.2 Å². The summed E-state index contributed by atoms with van der Waals surface area (Å²) in [5.74, 6) is 0. The number of benzene rings is 3. The first-order valence-corrected chi connectivity index (χ1v) is 8.46. The van der Waals surface area contributed by atoms with E-state index in [0.717, 1.165) is 12.0 Å². The Morgan fingerprint density at radius 3 is 1.57 bits per heavy atom. The largest absolute Gasteiger partial charge is 2.00 e. The molecule has 1 aliphatic rings. The predicted molar refractivity (Wildman–Crippen MR) is 110 cm³/mol. The first-order valence-electron chi connectivity index (χ1n) is 8.46. The predicted octanol–water partition coefficient (Wildman–Crippen LogP) is 0.892. The zero-order chi connectivity index (χ0) is 17.3. The Morgan fingerprint density at radius 2 is 1.21 bits per heavy atom. The molecule has 0 nitrogen and oxygen atoms in total. The third kappa shape index (κ3) is 7.76. The van der Waals surface area contributed by atoms with Crippen molar-refractivity contribution in [2.24, 2.45) is 0 Å². The first kappa shape index (κ1) is 26.3. The Morgan fingerprint density at radius 1 is 0.714 bits per heavy atom. The molecule has 0 fully saturated rings. The van der Waals surface area contributed by atoms with E-state index in [2.05, 4.69) is 73.7 Å². The topological polar surface area (TPSA) is 0 Å². The molecule has 1 aliphatic carbocycles. The van der Waals surface area contributed by atoms with E-state index in [1.807, 2.05) is 42.5 Å². The normalized spacial score (nSPS) is 10.4. The molecule has 4 aromatic rings. The van der Waals surface area contributed by atoms with Gasteiger partial charge in [-0.3, -0.25) is 6.08 Å². The van der Waals surface area contributed by atoms with E-state index < -0.39 is 0 Å². The molecule has 0 amide bonds. The molecule has 0 saturated carbocycles. The minimum Gasteiger partial charge on any atom is -1.00 e. The van der Waals surface area contributed by atoms with Crippen molar-refractivity contribution in [3.8, 4) is 0 Å². The summed E-state index contributed by atoms with van der Waals surface area (Å²) in [7, 11) is 0. The summed E-state index contributed by atoms with van der Waals surface area (Å²) in [5.41, 5.74) is 1.07. The van der Waals surface area contributed by atoms with Crippen molar-refractivity contribution in [2.45, 2.75) is 6.42 Å². The summed E-state index contributed by atoms with van der Waals surface area (Å²) in [4.78, 5) is 0. The van der Waals surface area contributed by atoms with Crippen LogP contribution in [0.2, 0.25) is 0 Å².